The SMILES string of the molecule is N#Cc1ccnnc1OCC1CCNCC1. The topological polar surface area (TPSA) is 70.8 Å². The first-order valence-electron chi connectivity index (χ1n) is 5.45. The molecule has 0 unspecified atom stereocenters. The van der Waals surface area contributed by atoms with Crippen LogP contribution < -0.4 is 10.1 Å². The largest absolute Gasteiger partial charge is 0.475 e. The Balaban J connectivity index is 1.91. The number of nitriles is 1. The molecule has 1 saturated heterocycles. The summed E-state index contributed by atoms with van der Waals surface area (Å²) in [6, 6.07) is 3.66. The summed E-state index contributed by atoms with van der Waals surface area (Å²) in [5.41, 5.74) is 0.448. The van der Waals surface area contributed by atoms with Crippen molar-refractivity contribution in [2.75, 3.05) is 19.7 Å². The first kappa shape index (κ1) is 10.8. The smallest absolute Gasteiger partial charge is 0.251 e. The van der Waals surface area contributed by atoms with Crippen LogP contribution in [0.3, 0.4) is 0 Å². The fourth-order valence-corrected chi connectivity index (χ4v) is 1.76. The van der Waals surface area contributed by atoms with Crippen LogP contribution in [-0.2, 0) is 0 Å². The molecule has 0 radical (unpaired) electrons. The molecule has 0 bridgehead atoms. The third-order valence-electron chi connectivity index (χ3n) is 2.72. The molecule has 1 aromatic rings. The van der Waals surface area contributed by atoms with Crippen LogP contribution in [0.4, 0.5) is 0 Å². The van der Waals surface area contributed by atoms with E-state index in [0.29, 0.717) is 24.0 Å². The molecular weight excluding hydrogens is 204 g/mol. The van der Waals surface area contributed by atoms with Gasteiger partial charge in [-0.15, -0.1) is 5.10 Å². The molecule has 1 N–H and O–H groups in total. The standard InChI is InChI=1S/C11H14N4O/c12-7-10-3-6-14-15-11(10)16-8-9-1-4-13-5-2-9/h3,6,9,13H,1-2,4-5,8H2. The summed E-state index contributed by atoms with van der Waals surface area (Å²) in [5, 5.41) is 19.7. The van der Waals surface area contributed by atoms with Gasteiger partial charge < -0.3 is 10.1 Å². The summed E-state index contributed by atoms with van der Waals surface area (Å²) in [4.78, 5) is 0. The van der Waals surface area contributed by atoms with Crippen LogP contribution in [-0.4, -0.2) is 29.9 Å². The highest BCUT2D eigenvalue weighted by Crippen LogP contribution is 2.16. The van der Waals surface area contributed by atoms with Gasteiger partial charge >= 0.3 is 0 Å². The molecule has 16 heavy (non-hydrogen) atoms. The molecule has 1 aromatic heterocycles. The van der Waals surface area contributed by atoms with Crippen LogP contribution in [0.25, 0.3) is 0 Å². The highest BCUT2D eigenvalue weighted by molar-refractivity contribution is 5.35. The van der Waals surface area contributed by atoms with E-state index in [1.165, 1.54) is 6.20 Å². The Bertz CT molecular complexity index is 382. The molecule has 1 fully saturated rings. The van der Waals surface area contributed by atoms with Crippen LogP contribution in [0.15, 0.2) is 12.3 Å². The Morgan fingerprint density at radius 2 is 2.31 bits per heavy atom. The van der Waals surface area contributed by atoms with Crippen molar-refractivity contribution in [3.63, 3.8) is 0 Å². The van der Waals surface area contributed by atoms with Gasteiger partial charge in [0.1, 0.15) is 11.6 Å². The van der Waals surface area contributed by atoms with E-state index in [4.69, 9.17) is 10.00 Å². The van der Waals surface area contributed by atoms with E-state index in [0.717, 1.165) is 25.9 Å². The monoisotopic (exact) mass is 218 g/mol. The first-order valence-corrected chi connectivity index (χ1v) is 5.45. The van der Waals surface area contributed by atoms with Gasteiger partial charge in [-0.3, -0.25) is 0 Å². The van der Waals surface area contributed by atoms with E-state index in [2.05, 4.69) is 15.5 Å². The van der Waals surface area contributed by atoms with Gasteiger partial charge in [0.15, 0.2) is 0 Å². The number of rotatable bonds is 3. The molecule has 1 aliphatic heterocycles. The fourth-order valence-electron chi connectivity index (χ4n) is 1.76. The Labute approximate surface area is 94.4 Å². The van der Waals surface area contributed by atoms with Gasteiger partial charge in [-0.25, -0.2) is 0 Å². The lowest BCUT2D eigenvalue weighted by atomic mass is 9.99. The zero-order chi connectivity index (χ0) is 11.2. The predicted molar refractivity (Wildman–Crippen MR) is 57.8 cm³/mol. The van der Waals surface area contributed by atoms with Crippen LogP contribution in [0, 0.1) is 17.2 Å². The van der Waals surface area contributed by atoms with E-state index in [1.807, 2.05) is 6.07 Å². The Hall–Kier alpha value is -1.67. The number of hydrogen-bond donors (Lipinski definition) is 1. The average Bonchev–Trinajstić information content (AvgIpc) is 2.38. The quantitative estimate of drug-likeness (QED) is 0.809. The first-order chi connectivity index (χ1) is 7.90. The van der Waals surface area contributed by atoms with Gasteiger partial charge in [-0.05, 0) is 37.9 Å². The zero-order valence-corrected chi connectivity index (χ0v) is 9.02. The minimum absolute atomic E-state index is 0.350. The van der Waals surface area contributed by atoms with Crippen molar-refractivity contribution >= 4 is 0 Å². The molecule has 0 saturated carbocycles. The lowest BCUT2D eigenvalue weighted by Crippen LogP contribution is -2.30. The summed E-state index contributed by atoms with van der Waals surface area (Å²) in [6.45, 7) is 2.70. The van der Waals surface area contributed by atoms with Gasteiger partial charge in [-0.1, -0.05) is 0 Å². The second kappa shape index (κ2) is 5.42. The molecule has 2 heterocycles. The third kappa shape index (κ3) is 2.67. The van der Waals surface area contributed by atoms with Crippen molar-refractivity contribution in [3.8, 4) is 11.9 Å². The van der Waals surface area contributed by atoms with Gasteiger partial charge in [0, 0.05) is 0 Å². The summed E-state index contributed by atoms with van der Waals surface area (Å²) in [7, 11) is 0. The Kier molecular flexibility index (Phi) is 3.67. The minimum atomic E-state index is 0.350. The highest BCUT2D eigenvalue weighted by Gasteiger charge is 2.14. The lowest BCUT2D eigenvalue weighted by molar-refractivity contribution is 0.207. The fraction of sp³-hybridized carbons (Fsp3) is 0.545. The maximum absolute atomic E-state index is 8.85. The molecule has 1 aliphatic rings. The van der Waals surface area contributed by atoms with Crippen molar-refractivity contribution in [2.45, 2.75) is 12.8 Å². The normalized spacial score (nSPS) is 16.7. The lowest BCUT2D eigenvalue weighted by Gasteiger charge is -2.22. The number of piperidine rings is 1. The molecule has 5 nitrogen and oxygen atoms in total. The molecule has 0 aliphatic carbocycles. The van der Waals surface area contributed by atoms with Crippen molar-refractivity contribution in [2.24, 2.45) is 5.92 Å². The van der Waals surface area contributed by atoms with E-state index >= 15 is 0 Å². The second-order valence-electron chi connectivity index (χ2n) is 3.87. The Morgan fingerprint density at radius 1 is 1.50 bits per heavy atom. The summed E-state index contributed by atoms with van der Waals surface area (Å²) >= 11 is 0. The second-order valence-corrected chi connectivity index (χ2v) is 3.87. The minimum Gasteiger partial charge on any atom is -0.475 e. The molecule has 84 valence electrons. The molecule has 0 spiro atoms. The third-order valence-corrected chi connectivity index (χ3v) is 2.72. The number of nitrogens with zero attached hydrogens (tertiary/aromatic N) is 3. The molecule has 0 atom stereocenters. The van der Waals surface area contributed by atoms with E-state index in [1.54, 1.807) is 6.07 Å². The molecular formula is C11H14N4O. The van der Waals surface area contributed by atoms with Crippen LogP contribution in [0.2, 0.25) is 0 Å². The maximum Gasteiger partial charge on any atom is 0.251 e. The average molecular weight is 218 g/mol. The van der Waals surface area contributed by atoms with Crippen molar-refractivity contribution < 1.29 is 4.74 Å². The molecule has 0 amide bonds. The van der Waals surface area contributed by atoms with Crippen molar-refractivity contribution in [3.05, 3.63) is 17.8 Å². The number of aromatic nitrogens is 2. The zero-order valence-electron chi connectivity index (χ0n) is 9.02. The van der Waals surface area contributed by atoms with Gasteiger partial charge in [-0.2, -0.15) is 10.4 Å². The molecule has 0 aromatic carbocycles. The number of nitrogens with one attached hydrogen (secondary N) is 1. The van der Waals surface area contributed by atoms with Crippen LogP contribution in [0.1, 0.15) is 18.4 Å². The van der Waals surface area contributed by atoms with E-state index in [9.17, 15) is 0 Å². The van der Waals surface area contributed by atoms with Crippen molar-refractivity contribution in [1.82, 2.24) is 15.5 Å². The molecule has 5 heteroatoms. The van der Waals surface area contributed by atoms with Crippen LogP contribution in [0.5, 0.6) is 5.88 Å². The molecule has 2 rings (SSSR count). The van der Waals surface area contributed by atoms with Gasteiger partial charge in [0.05, 0.1) is 12.8 Å². The van der Waals surface area contributed by atoms with E-state index < -0.39 is 0 Å². The Morgan fingerprint density at radius 3 is 3.06 bits per heavy atom. The number of ether oxygens (including phenoxy) is 1. The number of hydrogen-bond acceptors (Lipinski definition) is 5. The van der Waals surface area contributed by atoms with E-state index in [-0.39, 0.29) is 0 Å². The summed E-state index contributed by atoms with van der Waals surface area (Å²) < 4.78 is 5.54. The van der Waals surface area contributed by atoms with Gasteiger partial charge in [0.2, 0.25) is 0 Å². The van der Waals surface area contributed by atoms with Crippen molar-refractivity contribution in [1.29, 1.82) is 5.26 Å². The highest BCUT2D eigenvalue weighted by atomic mass is 16.5. The van der Waals surface area contributed by atoms with Gasteiger partial charge in [0.25, 0.3) is 5.88 Å². The maximum atomic E-state index is 8.85. The van der Waals surface area contributed by atoms with Crippen LogP contribution >= 0.6 is 0 Å². The summed E-state index contributed by atoms with van der Waals surface area (Å²) in [5.74, 6) is 0.901. The summed E-state index contributed by atoms with van der Waals surface area (Å²) in [6.07, 6.45) is 3.72. The predicted octanol–water partition coefficient (Wildman–Crippen LogP) is 0.727.